The van der Waals surface area contributed by atoms with Crippen molar-refractivity contribution in [2.75, 3.05) is 51.7 Å². The van der Waals surface area contributed by atoms with Gasteiger partial charge >= 0.3 is 0 Å². The van der Waals surface area contributed by atoms with Crippen LogP contribution in [0.25, 0.3) is 0 Å². The zero-order chi connectivity index (χ0) is 21.3. The van der Waals surface area contributed by atoms with E-state index in [1.165, 1.54) is 0 Å². The summed E-state index contributed by atoms with van der Waals surface area (Å²) in [6.07, 6.45) is 3.78. The van der Waals surface area contributed by atoms with E-state index in [1.54, 1.807) is 13.1 Å². The highest BCUT2D eigenvalue weighted by Crippen LogP contribution is 2.21. The van der Waals surface area contributed by atoms with Gasteiger partial charge in [-0.15, -0.1) is 0 Å². The van der Waals surface area contributed by atoms with Crippen LogP contribution in [0.3, 0.4) is 0 Å². The number of aryl methyl sites for hydroxylation is 1. The monoisotopic (exact) mass is 448 g/mol. The lowest BCUT2D eigenvalue weighted by Crippen LogP contribution is -2.44. The van der Waals surface area contributed by atoms with E-state index in [9.17, 15) is 0 Å². The number of guanidine groups is 1. The van der Waals surface area contributed by atoms with Gasteiger partial charge in [-0.05, 0) is 49.2 Å². The van der Waals surface area contributed by atoms with Gasteiger partial charge in [0.25, 0.3) is 0 Å². The van der Waals surface area contributed by atoms with E-state index >= 15 is 0 Å². The normalized spacial score (nSPS) is 15.3. The van der Waals surface area contributed by atoms with Gasteiger partial charge in [0.15, 0.2) is 5.96 Å². The van der Waals surface area contributed by atoms with Crippen molar-refractivity contribution in [3.63, 3.8) is 0 Å². The molecule has 162 valence electrons. The number of anilines is 1. The van der Waals surface area contributed by atoms with Crippen LogP contribution in [0.15, 0.2) is 41.5 Å². The van der Waals surface area contributed by atoms with Crippen molar-refractivity contribution < 1.29 is 0 Å². The molecular formula is C22H30Cl2N6. The van der Waals surface area contributed by atoms with Gasteiger partial charge in [-0.25, -0.2) is 4.98 Å². The van der Waals surface area contributed by atoms with Crippen LogP contribution in [0.4, 0.5) is 5.82 Å². The van der Waals surface area contributed by atoms with Crippen LogP contribution in [0.5, 0.6) is 0 Å². The van der Waals surface area contributed by atoms with Crippen molar-refractivity contribution in [3.8, 4) is 0 Å². The highest BCUT2D eigenvalue weighted by Gasteiger charge is 2.14. The number of nitrogens with zero attached hydrogens (tertiary/aromatic N) is 4. The van der Waals surface area contributed by atoms with Crippen LogP contribution in [0, 0.1) is 0 Å². The second-order valence-corrected chi connectivity index (χ2v) is 8.35. The van der Waals surface area contributed by atoms with Crippen LogP contribution in [-0.2, 0) is 13.0 Å². The van der Waals surface area contributed by atoms with Gasteiger partial charge in [0.2, 0.25) is 0 Å². The molecule has 8 heteroatoms. The van der Waals surface area contributed by atoms with Crippen molar-refractivity contribution in [2.24, 2.45) is 4.99 Å². The quantitative estimate of drug-likeness (QED) is 0.385. The Bertz CT molecular complexity index is 832. The molecule has 1 saturated heterocycles. The number of likely N-dealkylation sites (N-methyl/N-ethyl adjacent to an activating group) is 1. The molecule has 6 nitrogen and oxygen atoms in total. The first-order valence-electron chi connectivity index (χ1n) is 10.3. The van der Waals surface area contributed by atoms with Crippen LogP contribution in [-0.4, -0.2) is 62.7 Å². The minimum absolute atomic E-state index is 0.664. The Balaban J connectivity index is 1.39. The van der Waals surface area contributed by atoms with E-state index in [4.69, 9.17) is 23.2 Å². The second kappa shape index (κ2) is 11.4. The molecule has 0 saturated carbocycles. The zero-order valence-electron chi connectivity index (χ0n) is 17.7. The molecule has 1 aliphatic rings. The molecule has 1 aromatic heterocycles. The number of nitrogens with one attached hydrogen (secondary N) is 2. The molecule has 0 unspecified atom stereocenters. The van der Waals surface area contributed by atoms with Crippen molar-refractivity contribution in [3.05, 3.63) is 57.7 Å². The van der Waals surface area contributed by atoms with Gasteiger partial charge in [0, 0.05) is 62.6 Å². The molecular weight excluding hydrogens is 419 g/mol. The molecule has 0 bridgehead atoms. The van der Waals surface area contributed by atoms with Gasteiger partial charge in [0.05, 0.1) is 0 Å². The molecule has 0 aliphatic carbocycles. The smallest absolute Gasteiger partial charge is 0.191 e. The first-order valence-corrected chi connectivity index (χ1v) is 11.1. The Hall–Kier alpha value is -2.02. The number of benzene rings is 1. The SMILES string of the molecule is CN=C(NCCCc1ccc(Cl)cc1Cl)NCc1ccc(N2CCN(C)CC2)nc1. The number of aromatic nitrogens is 1. The summed E-state index contributed by atoms with van der Waals surface area (Å²) in [5, 5.41) is 8.07. The topological polar surface area (TPSA) is 55.8 Å². The summed E-state index contributed by atoms with van der Waals surface area (Å²) in [7, 11) is 3.94. The average Bonchev–Trinajstić information content (AvgIpc) is 2.75. The summed E-state index contributed by atoms with van der Waals surface area (Å²) >= 11 is 12.2. The van der Waals surface area contributed by atoms with E-state index in [-0.39, 0.29) is 0 Å². The first-order chi connectivity index (χ1) is 14.5. The maximum absolute atomic E-state index is 6.23. The third-order valence-corrected chi connectivity index (χ3v) is 5.84. The molecule has 30 heavy (non-hydrogen) atoms. The van der Waals surface area contributed by atoms with E-state index in [0.717, 1.165) is 73.5 Å². The predicted molar refractivity (Wildman–Crippen MR) is 127 cm³/mol. The molecule has 0 amide bonds. The Morgan fingerprint density at radius 2 is 1.90 bits per heavy atom. The molecule has 0 radical (unpaired) electrons. The van der Waals surface area contributed by atoms with Crippen molar-refractivity contribution in [1.82, 2.24) is 20.5 Å². The maximum Gasteiger partial charge on any atom is 0.191 e. The molecule has 1 aliphatic heterocycles. The molecule has 1 aromatic carbocycles. The molecule has 2 heterocycles. The molecule has 2 N–H and O–H groups in total. The molecule has 0 atom stereocenters. The van der Waals surface area contributed by atoms with Crippen LogP contribution in [0.1, 0.15) is 17.5 Å². The van der Waals surface area contributed by atoms with E-state index in [0.29, 0.717) is 11.6 Å². The van der Waals surface area contributed by atoms with Gasteiger partial charge in [0.1, 0.15) is 5.82 Å². The fourth-order valence-electron chi connectivity index (χ4n) is 3.36. The second-order valence-electron chi connectivity index (χ2n) is 7.51. The average molecular weight is 449 g/mol. The minimum atomic E-state index is 0.664. The third-order valence-electron chi connectivity index (χ3n) is 5.25. The number of pyridine rings is 1. The summed E-state index contributed by atoms with van der Waals surface area (Å²) in [6, 6.07) is 9.88. The van der Waals surface area contributed by atoms with Gasteiger partial charge in [-0.2, -0.15) is 0 Å². The van der Waals surface area contributed by atoms with Crippen LogP contribution >= 0.6 is 23.2 Å². The van der Waals surface area contributed by atoms with Crippen molar-refractivity contribution in [1.29, 1.82) is 0 Å². The fraction of sp³-hybridized carbons (Fsp3) is 0.455. The molecule has 3 rings (SSSR count). The number of hydrogen-bond acceptors (Lipinski definition) is 4. The summed E-state index contributed by atoms with van der Waals surface area (Å²) in [6.45, 7) is 5.70. The maximum atomic E-state index is 6.23. The van der Waals surface area contributed by atoms with Crippen molar-refractivity contribution in [2.45, 2.75) is 19.4 Å². The lowest BCUT2D eigenvalue weighted by atomic mass is 10.1. The van der Waals surface area contributed by atoms with E-state index in [2.05, 4.69) is 49.6 Å². The lowest BCUT2D eigenvalue weighted by Gasteiger charge is -2.33. The molecule has 2 aromatic rings. The number of rotatable bonds is 7. The van der Waals surface area contributed by atoms with E-state index in [1.807, 2.05) is 18.3 Å². The molecule has 0 spiro atoms. The Morgan fingerprint density at radius 3 is 2.57 bits per heavy atom. The highest BCUT2D eigenvalue weighted by atomic mass is 35.5. The largest absolute Gasteiger partial charge is 0.356 e. The van der Waals surface area contributed by atoms with Gasteiger partial charge < -0.3 is 20.4 Å². The standard InChI is InChI=1S/C22H30Cl2N6/c1-25-22(26-9-3-4-18-6-7-19(23)14-20(18)24)28-16-17-5-8-21(27-15-17)30-12-10-29(2)11-13-30/h5-8,14-15H,3-4,9-13,16H2,1-2H3,(H2,25,26,28). The lowest BCUT2D eigenvalue weighted by molar-refractivity contribution is 0.312. The van der Waals surface area contributed by atoms with Crippen molar-refractivity contribution >= 4 is 35.0 Å². The Kier molecular flexibility index (Phi) is 8.61. The fourth-order valence-corrected chi connectivity index (χ4v) is 3.86. The highest BCUT2D eigenvalue weighted by molar-refractivity contribution is 6.35. The van der Waals surface area contributed by atoms with Crippen LogP contribution < -0.4 is 15.5 Å². The Labute approximate surface area is 189 Å². The van der Waals surface area contributed by atoms with Gasteiger partial charge in [-0.3, -0.25) is 4.99 Å². The summed E-state index contributed by atoms with van der Waals surface area (Å²) < 4.78 is 0. The van der Waals surface area contributed by atoms with Gasteiger partial charge in [-0.1, -0.05) is 35.3 Å². The zero-order valence-corrected chi connectivity index (χ0v) is 19.2. The Morgan fingerprint density at radius 1 is 1.10 bits per heavy atom. The first kappa shape index (κ1) is 22.7. The summed E-state index contributed by atoms with van der Waals surface area (Å²) in [4.78, 5) is 13.6. The number of piperazine rings is 1. The predicted octanol–water partition coefficient (Wildman–Crippen LogP) is 3.44. The minimum Gasteiger partial charge on any atom is -0.356 e. The number of hydrogen-bond donors (Lipinski definition) is 2. The van der Waals surface area contributed by atoms with E-state index < -0.39 is 0 Å². The number of aliphatic imine (C=N–C) groups is 1. The van der Waals surface area contributed by atoms with Crippen LogP contribution in [0.2, 0.25) is 10.0 Å². The summed E-state index contributed by atoms with van der Waals surface area (Å²) in [5.41, 5.74) is 2.24. The third kappa shape index (κ3) is 6.76. The number of halogens is 2. The molecule has 1 fully saturated rings. The summed E-state index contributed by atoms with van der Waals surface area (Å²) in [5.74, 6) is 1.83.